The zero-order chi connectivity index (χ0) is 8.81. The molecule has 12 heavy (non-hydrogen) atoms. The second-order valence-electron chi connectivity index (χ2n) is 2.40. The maximum absolute atomic E-state index is 5.34. The molecular formula is C8H12BrN3. The summed E-state index contributed by atoms with van der Waals surface area (Å²) in [6.07, 6.45) is 1.78. The van der Waals surface area contributed by atoms with Gasteiger partial charge in [0.1, 0.15) is 0 Å². The molecule has 0 atom stereocenters. The molecule has 0 aliphatic heterocycles. The van der Waals surface area contributed by atoms with Crippen LogP contribution < -0.4 is 11.1 Å². The number of aromatic nitrogens is 1. The van der Waals surface area contributed by atoms with Crippen molar-refractivity contribution in [2.24, 2.45) is 5.73 Å². The molecule has 0 radical (unpaired) electrons. The summed E-state index contributed by atoms with van der Waals surface area (Å²) in [4.78, 5) is 4.20. The Labute approximate surface area is 80.5 Å². The van der Waals surface area contributed by atoms with Crippen molar-refractivity contribution >= 4 is 15.9 Å². The maximum atomic E-state index is 5.34. The SMILES string of the molecule is NCCNCc1ncccc1Br. The number of rotatable bonds is 4. The molecule has 0 saturated carbocycles. The van der Waals surface area contributed by atoms with Gasteiger partial charge in [-0.2, -0.15) is 0 Å². The lowest BCUT2D eigenvalue weighted by Gasteiger charge is -2.03. The number of nitrogens with two attached hydrogens (primary N) is 1. The fourth-order valence-corrected chi connectivity index (χ4v) is 1.25. The van der Waals surface area contributed by atoms with Crippen LogP contribution in [-0.4, -0.2) is 18.1 Å². The summed E-state index contributed by atoms with van der Waals surface area (Å²) in [7, 11) is 0. The monoisotopic (exact) mass is 229 g/mol. The molecular weight excluding hydrogens is 218 g/mol. The van der Waals surface area contributed by atoms with E-state index < -0.39 is 0 Å². The van der Waals surface area contributed by atoms with Crippen LogP contribution in [0.25, 0.3) is 0 Å². The van der Waals surface area contributed by atoms with Crippen LogP contribution in [0.3, 0.4) is 0 Å². The Kier molecular flexibility index (Phi) is 4.21. The van der Waals surface area contributed by atoms with E-state index in [0.29, 0.717) is 6.54 Å². The Morgan fingerprint density at radius 2 is 2.42 bits per heavy atom. The fourth-order valence-electron chi connectivity index (χ4n) is 0.857. The smallest absolute Gasteiger partial charge is 0.0683 e. The van der Waals surface area contributed by atoms with E-state index in [-0.39, 0.29) is 0 Å². The molecule has 0 spiro atoms. The molecule has 0 fully saturated rings. The van der Waals surface area contributed by atoms with Crippen molar-refractivity contribution in [1.29, 1.82) is 0 Å². The van der Waals surface area contributed by atoms with Gasteiger partial charge >= 0.3 is 0 Å². The molecule has 0 saturated heterocycles. The molecule has 0 amide bonds. The van der Waals surface area contributed by atoms with Gasteiger partial charge in [-0.15, -0.1) is 0 Å². The van der Waals surface area contributed by atoms with E-state index in [2.05, 4.69) is 26.2 Å². The second kappa shape index (κ2) is 5.24. The lowest BCUT2D eigenvalue weighted by molar-refractivity contribution is 0.680. The summed E-state index contributed by atoms with van der Waals surface area (Å²) in [5, 5.41) is 3.17. The van der Waals surface area contributed by atoms with E-state index >= 15 is 0 Å². The molecule has 66 valence electrons. The summed E-state index contributed by atoms with van der Waals surface area (Å²) in [5.74, 6) is 0. The Hall–Kier alpha value is -0.450. The van der Waals surface area contributed by atoms with Crippen molar-refractivity contribution in [2.75, 3.05) is 13.1 Å². The van der Waals surface area contributed by atoms with Crippen LogP contribution in [0.1, 0.15) is 5.69 Å². The topological polar surface area (TPSA) is 50.9 Å². The Morgan fingerprint density at radius 1 is 1.58 bits per heavy atom. The van der Waals surface area contributed by atoms with Gasteiger partial charge in [-0.05, 0) is 28.1 Å². The molecule has 1 aromatic heterocycles. The zero-order valence-corrected chi connectivity index (χ0v) is 8.34. The highest BCUT2D eigenvalue weighted by Gasteiger charge is 1.97. The van der Waals surface area contributed by atoms with Crippen LogP contribution >= 0.6 is 15.9 Å². The van der Waals surface area contributed by atoms with Crippen LogP contribution in [0.5, 0.6) is 0 Å². The highest BCUT2D eigenvalue weighted by atomic mass is 79.9. The van der Waals surface area contributed by atoms with E-state index in [9.17, 15) is 0 Å². The predicted octanol–water partition coefficient (Wildman–Crippen LogP) is 0.892. The standard InChI is InChI=1S/C8H12BrN3/c9-7-2-1-4-12-8(7)6-11-5-3-10/h1-2,4,11H,3,5-6,10H2. The first-order chi connectivity index (χ1) is 5.84. The number of pyridine rings is 1. The van der Waals surface area contributed by atoms with Crippen molar-refractivity contribution in [3.05, 3.63) is 28.5 Å². The molecule has 0 bridgehead atoms. The molecule has 1 heterocycles. The van der Waals surface area contributed by atoms with E-state index in [1.54, 1.807) is 6.20 Å². The molecule has 1 aromatic rings. The van der Waals surface area contributed by atoms with Crippen molar-refractivity contribution in [1.82, 2.24) is 10.3 Å². The average Bonchev–Trinajstić information content (AvgIpc) is 2.09. The van der Waals surface area contributed by atoms with Crippen LogP contribution in [0.2, 0.25) is 0 Å². The van der Waals surface area contributed by atoms with Gasteiger partial charge in [0.05, 0.1) is 5.69 Å². The lowest BCUT2D eigenvalue weighted by atomic mass is 10.3. The molecule has 0 unspecified atom stereocenters. The third kappa shape index (κ3) is 2.89. The van der Waals surface area contributed by atoms with E-state index in [1.165, 1.54) is 0 Å². The van der Waals surface area contributed by atoms with E-state index in [1.807, 2.05) is 12.1 Å². The van der Waals surface area contributed by atoms with Crippen LogP contribution in [0.4, 0.5) is 0 Å². The van der Waals surface area contributed by atoms with Crippen LogP contribution in [0, 0.1) is 0 Å². The highest BCUT2D eigenvalue weighted by Crippen LogP contribution is 2.12. The zero-order valence-electron chi connectivity index (χ0n) is 6.76. The van der Waals surface area contributed by atoms with Gasteiger partial charge in [-0.1, -0.05) is 0 Å². The minimum atomic E-state index is 0.657. The predicted molar refractivity (Wildman–Crippen MR) is 52.7 cm³/mol. The Balaban J connectivity index is 2.46. The normalized spacial score (nSPS) is 10.2. The van der Waals surface area contributed by atoms with Gasteiger partial charge in [-0.3, -0.25) is 4.98 Å². The molecule has 3 N–H and O–H groups in total. The first-order valence-electron chi connectivity index (χ1n) is 3.85. The number of hydrogen-bond donors (Lipinski definition) is 2. The minimum absolute atomic E-state index is 0.657. The maximum Gasteiger partial charge on any atom is 0.0683 e. The van der Waals surface area contributed by atoms with Crippen molar-refractivity contribution in [3.63, 3.8) is 0 Å². The lowest BCUT2D eigenvalue weighted by Crippen LogP contribution is -2.22. The van der Waals surface area contributed by atoms with Gasteiger partial charge in [0.2, 0.25) is 0 Å². The molecule has 0 aliphatic carbocycles. The van der Waals surface area contributed by atoms with Gasteiger partial charge in [-0.25, -0.2) is 0 Å². The first kappa shape index (κ1) is 9.64. The van der Waals surface area contributed by atoms with Crippen LogP contribution in [-0.2, 0) is 6.54 Å². The second-order valence-corrected chi connectivity index (χ2v) is 3.25. The highest BCUT2D eigenvalue weighted by molar-refractivity contribution is 9.10. The Bertz CT molecular complexity index is 239. The average molecular weight is 230 g/mol. The van der Waals surface area contributed by atoms with Gasteiger partial charge in [0.15, 0.2) is 0 Å². The minimum Gasteiger partial charge on any atom is -0.329 e. The third-order valence-electron chi connectivity index (χ3n) is 1.45. The van der Waals surface area contributed by atoms with E-state index in [0.717, 1.165) is 23.3 Å². The molecule has 0 aliphatic rings. The van der Waals surface area contributed by atoms with Crippen molar-refractivity contribution in [3.8, 4) is 0 Å². The van der Waals surface area contributed by atoms with Gasteiger partial charge < -0.3 is 11.1 Å². The summed E-state index contributed by atoms with van der Waals surface area (Å²) >= 11 is 3.41. The first-order valence-corrected chi connectivity index (χ1v) is 4.64. The summed E-state index contributed by atoms with van der Waals surface area (Å²) in [6, 6.07) is 3.88. The van der Waals surface area contributed by atoms with Crippen molar-refractivity contribution in [2.45, 2.75) is 6.54 Å². The largest absolute Gasteiger partial charge is 0.329 e. The third-order valence-corrected chi connectivity index (χ3v) is 2.17. The van der Waals surface area contributed by atoms with Gasteiger partial charge in [0.25, 0.3) is 0 Å². The number of hydrogen-bond acceptors (Lipinski definition) is 3. The molecule has 3 nitrogen and oxygen atoms in total. The number of nitrogens with zero attached hydrogens (tertiary/aromatic N) is 1. The van der Waals surface area contributed by atoms with Crippen molar-refractivity contribution < 1.29 is 0 Å². The summed E-state index contributed by atoms with van der Waals surface area (Å²) < 4.78 is 1.04. The summed E-state index contributed by atoms with van der Waals surface area (Å²) in [5.41, 5.74) is 6.36. The fraction of sp³-hybridized carbons (Fsp3) is 0.375. The molecule has 4 heteroatoms. The summed E-state index contributed by atoms with van der Waals surface area (Å²) in [6.45, 7) is 2.24. The quantitative estimate of drug-likeness (QED) is 0.755. The van der Waals surface area contributed by atoms with E-state index in [4.69, 9.17) is 5.73 Å². The molecule has 1 rings (SSSR count). The van der Waals surface area contributed by atoms with Crippen LogP contribution in [0.15, 0.2) is 22.8 Å². The van der Waals surface area contributed by atoms with Gasteiger partial charge in [0, 0.05) is 30.3 Å². The molecule has 0 aromatic carbocycles. The number of halogens is 1. The Morgan fingerprint density at radius 3 is 3.08 bits per heavy atom. The number of nitrogens with one attached hydrogen (secondary N) is 1.